The molecule has 1 aliphatic heterocycles. The lowest BCUT2D eigenvalue weighted by atomic mass is 10.1. The fourth-order valence-corrected chi connectivity index (χ4v) is 1.67. The molecule has 1 saturated heterocycles. The molecule has 0 amide bonds. The molecule has 78 valence electrons. The molecule has 0 aromatic carbocycles. The molecule has 2 rings (SSSR count). The van der Waals surface area contributed by atoms with E-state index in [4.69, 9.17) is 14.6 Å². The summed E-state index contributed by atoms with van der Waals surface area (Å²) >= 11 is 0. The predicted octanol–water partition coefficient (Wildman–Crippen LogP) is -0.0145. The Morgan fingerprint density at radius 2 is 2.43 bits per heavy atom. The van der Waals surface area contributed by atoms with Crippen LogP contribution in [0.1, 0.15) is 12.1 Å². The van der Waals surface area contributed by atoms with Crippen molar-refractivity contribution in [2.75, 3.05) is 24.6 Å². The molecule has 5 nitrogen and oxygen atoms in total. The van der Waals surface area contributed by atoms with Crippen molar-refractivity contribution < 1.29 is 14.6 Å². The standard InChI is InChI=1S/C9H14N2O3/c12-4-7-1-2-11(3-7)9-10-8(5-13)6-14-9/h6-7,12-13H,1-5H2. The molecule has 14 heavy (non-hydrogen) atoms. The van der Waals surface area contributed by atoms with Crippen LogP contribution in [0.3, 0.4) is 0 Å². The van der Waals surface area contributed by atoms with E-state index in [2.05, 4.69) is 4.98 Å². The highest BCUT2D eigenvalue weighted by Gasteiger charge is 2.24. The third-order valence-electron chi connectivity index (χ3n) is 2.52. The summed E-state index contributed by atoms with van der Waals surface area (Å²) in [6.45, 7) is 1.75. The van der Waals surface area contributed by atoms with Crippen LogP contribution < -0.4 is 4.90 Å². The van der Waals surface area contributed by atoms with E-state index in [0.29, 0.717) is 17.6 Å². The molecule has 0 radical (unpaired) electrons. The van der Waals surface area contributed by atoms with Gasteiger partial charge in [0, 0.05) is 25.6 Å². The Kier molecular flexibility index (Phi) is 2.69. The van der Waals surface area contributed by atoms with E-state index in [0.717, 1.165) is 19.5 Å². The van der Waals surface area contributed by atoms with Gasteiger partial charge in [-0.2, -0.15) is 4.98 Å². The van der Waals surface area contributed by atoms with Crippen molar-refractivity contribution in [1.82, 2.24) is 4.98 Å². The third kappa shape index (κ3) is 1.73. The second kappa shape index (κ2) is 3.98. The van der Waals surface area contributed by atoms with Crippen LogP contribution in [0, 0.1) is 5.92 Å². The minimum atomic E-state index is -0.0965. The average Bonchev–Trinajstić information content (AvgIpc) is 2.86. The zero-order valence-corrected chi connectivity index (χ0v) is 7.89. The summed E-state index contributed by atoms with van der Waals surface area (Å²) in [5.41, 5.74) is 0.549. The number of anilines is 1. The number of aromatic nitrogens is 1. The molecule has 1 aromatic rings. The number of aliphatic hydroxyl groups is 2. The predicted molar refractivity (Wildman–Crippen MR) is 49.8 cm³/mol. The second-order valence-corrected chi connectivity index (χ2v) is 3.56. The zero-order valence-electron chi connectivity index (χ0n) is 7.89. The lowest BCUT2D eigenvalue weighted by molar-refractivity contribution is 0.238. The van der Waals surface area contributed by atoms with Crippen molar-refractivity contribution >= 4 is 6.01 Å². The van der Waals surface area contributed by atoms with E-state index in [1.807, 2.05) is 4.90 Å². The zero-order chi connectivity index (χ0) is 9.97. The van der Waals surface area contributed by atoms with Gasteiger partial charge in [-0.05, 0) is 6.42 Å². The average molecular weight is 198 g/mol. The van der Waals surface area contributed by atoms with Crippen molar-refractivity contribution in [2.24, 2.45) is 5.92 Å². The van der Waals surface area contributed by atoms with Gasteiger partial charge in [-0.3, -0.25) is 0 Å². The van der Waals surface area contributed by atoms with Crippen LogP contribution in [0.4, 0.5) is 6.01 Å². The molecule has 0 saturated carbocycles. The number of aliphatic hydroxyl groups excluding tert-OH is 2. The van der Waals surface area contributed by atoms with Crippen LogP contribution in [0.2, 0.25) is 0 Å². The van der Waals surface area contributed by atoms with E-state index in [-0.39, 0.29) is 13.2 Å². The van der Waals surface area contributed by atoms with Gasteiger partial charge in [0.05, 0.1) is 6.61 Å². The molecule has 0 bridgehead atoms. The Labute approximate surface area is 82.0 Å². The van der Waals surface area contributed by atoms with Gasteiger partial charge < -0.3 is 19.5 Å². The molecule has 1 fully saturated rings. The highest BCUT2D eigenvalue weighted by molar-refractivity contribution is 5.28. The fourth-order valence-electron chi connectivity index (χ4n) is 1.67. The number of nitrogens with zero attached hydrogens (tertiary/aromatic N) is 2. The lowest BCUT2D eigenvalue weighted by Gasteiger charge is -2.12. The first-order valence-corrected chi connectivity index (χ1v) is 4.74. The summed E-state index contributed by atoms with van der Waals surface area (Å²) in [5.74, 6) is 0.319. The van der Waals surface area contributed by atoms with E-state index >= 15 is 0 Å². The highest BCUT2D eigenvalue weighted by Crippen LogP contribution is 2.22. The summed E-state index contributed by atoms with van der Waals surface area (Å²) in [4.78, 5) is 6.09. The molecule has 2 N–H and O–H groups in total. The van der Waals surface area contributed by atoms with Crippen LogP contribution in [-0.4, -0.2) is 34.9 Å². The smallest absolute Gasteiger partial charge is 0.297 e. The van der Waals surface area contributed by atoms with Gasteiger partial charge in [0.2, 0.25) is 0 Å². The largest absolute Gasteiger partial charge is 0.432 e. The van der Waals surface area contributed by atoms with Gasteiger partial charge >= 0.3 is 0 Å². The van der Waals surface area contributed by atoms with Crippen molar-refractivity contribution in [1.29, 1.82) is 0 Å². The Morgan fingerprint density at radius 3 is 3.00 bits per heavy atom. The lowest BCUT2D eigenvalue weighted by Crippen LogP contribution is -2.20. The Balaban J connectivity index is 2.02. The molecular formula is C9H14N2O3. The maximum atomic E-state index is 8.96. The molecule has 1 atom stereocenters. The molecular weight excluding hydrogens is 184 g/mol. The van der Waals surface area contributed by atoms with E-state index in [1.54, 1.807) is 0 Å². The Morgan fingerprint density at radius 1 is 1.57 bits per heavy atom. The van der Waals surface area contributed by atoms with E-state index in [1.165, 1.54) is 6.26 Å². The molecule has 5 heteroatoms. The number of rotatable bonds is 3. The number of hydrogen-bond donors (Lipinski definition) is 2. The van der Waals surface area contributed by atoms with Crippen molar-refractivity contribution in [3.05, 3.63) is 12.0 Å². The number of oxazole rings is 1. The summed E-state index contributed by atoms with van der Waals surface area (Å²) in [7, 11) is 0. The van der Waals surface area contributed by atoms with Gasteiger partial charge in [-0.15, -0.1) is 0 Å². The molecule has 0 aliphatic carbocycles. The first kappa shape index (κ1) is 9.48. The monoisotopic (exact) mass is 198 g/mol. The van der Waals surface area contributed by atoms with Gasteiger partial charge in [0.25, 0.3) is 6.01 Å². The fraction of sp³-hybridized carbons (Fsp3) is 0.667. The quantitative estimate of drug-likeness (QED) is 0.714. The molecule has 0 spiro atoms. The molecule has 1 aromatic heterocycles. The maximum absolute atomic E-state index is 8.96. The van der Waals surface area contributed by atoms with Crippen LogP contribution in [0.5, 0.6) is 0 Å². The molecule has 1 aliphatic rings. The minimum absolute atomic E-state index is 0.0965. The van der Waals surface area contributed by atoms with Crippen LogP contribution >= 0.6 is 0 Å². The van der Waals surface area contributed by atoms with E-state index in [9.17, 15) is 0 Å². The summed E-state index contributed by atoms with van der Waals surface area (Å²) < 4.78 is 5.21. The summed E-state index contributed by atoms with van der Waals surface area (Å²) in [6.07, 6.45) is 2.43. The second-order valence-electron chi connectivity index (χ2n) is 3.56. The summed E-state index contributed by atoms with van der Waals surface area (Å²) in [6, 6.07) is 0.546. The van der Waals surface area contributed by atoms with Gasteiger partial charge in [0.15, 0.2) is 0 Å². The Bertz CT molecular complexity index is 300. The number of hydrogen-bond acceptors (Lipinski definition) is 5. The molecule has 1 unspecified atom stereocenters. The highest BCUT2D eigenvalue weighted by atomic mass is 16.4. The van der Waals surface area contributed by atoms with Crippen molar-refractivity contribution in [2.45, 2.75) is 13.0 Å². The first-order valence-electron chi connectivity index (χ1n) is 4.74. The minimum Gasteiger partial charge on any atom is -0.432 e. The van der Waals surface area contributed by atoms with Crippen LogP contribution in [0.25, 0.3) is 0 Å². The maximum Gasteiger partial charge on any atom is 0.297 e. The molecule has 2 heterocycles. The van der Waals surface area contributed by atoms with Crippen LogP contribution in [0.15, 0.2) is 10.7 Å². The van der Waals surface area contributed by atoms with Crippen molar-refractivity contribution in [3.8, 4) is 0 Å². The first-order chi connectivity index (χ1) is 6.83. The van der Waals surface area contributed by atoms with Crippen molar-refractivity contribution in [3.63, 3.8) is 0 Å². The normalized spacial score (nSPS) is 21.9. The topological polar surface area (TPSA) is 69.7 Å². The Hall–Kier alpha value is -1.07. The van der Waals surface area contributed by atoms with E-state index < -0.39 is 0 Å². The SMILES string of the molecule is OCc1coc(N2CCC(CO)C2)n1. The van der Waals surface area contributed by atoms with Gasteiger partial charge in [-0.25, -0.2) is 0 Å². The summed E-state index contributed by atoms with van der Waals surface area (Å²) in [5, 5.41) is 17.8. The van der Waals surface area contributed by atoms with Gasteiger partial charge in [-0.1, -0.05) is 0 Å². The van der Waals surface area contributed by atoms with Crippen LogP contribution in [-0.2, 0) is 6.61 Å². The third-order valence-corrected chi connectivity index (χ3v) is 2.52. The van der Waals surface area contributed by atoms with Gasteiger partial charge in [0.1, 0.15) is 12.0 Å².